The molecule has 1 atom stereocenters. The number of phenolic OH excluding ortho intramolecular Hbond substituents is 1. The van der Waals surface area contributed by atoms with Gasteiger partial charge in [-0.15, -0.1) is 0 Å². The number of rotatable bonds is 8. The highest BCUT2D eigenvalue weighted by molar-refractivity contribution is 14.1. The lowest BCUT2D eigenvalue weighted by Crippen LogP contribution is -2.18. The van der Waals surface area contributed by atoms with E-state index in [0.29, 0.717) is 24.1 Å². The van der Waals surface area contributed by atoms with Crippen LogP contribution in [0.2, 0.25) is 0 Å². The number of ether oxygens (including phenoxy) is 2. The Morgan fingerprint density at radius 3 is 2.61 bits per heavy atom. The third kappa shape index (κ3) is 7.51. The summed E-state index contributed by atoms with van der Waals surface area (Å²) in [6.45, 7) is 0.179. The first-order chi connectivity index (χ1) is 13.4. The van der Waals surface area contributed by atoms with Crippen molar-refractivity contribution in [2.24, 2.45) is 0 Å². The SMILES string of the molecule is O=C(CS)OCCC[C@@H](OC(=O)Nc1ccc(Br)cc1)c1cc(I)ccc1O. The molecule has 150 valence electrons. The fourth-order valence-electron chi connectivity index (χ4n) is 2.37. The first kappa shape index (κ1) is 22.8. The predicted octanol–water partition coefficient (Wildman–Crippen LogP) is 5.30. The van der Waals surface area contributed by atoms with Crippen LogP contribution in [0.4, 0.5) is 10.5 Å². The quantitative estimate of drug-likeness (QED) is 0.171. The number of carbonyl (C=O) groups excluding carboxylic acids is 2. The van der Waals surface area contributed by atoms with Gasteiger partial charge >= 0.3 is 12.1 Å². The Hall–Kier alpha value is -1.46. The van der Waals surface area contributed by atoms with Gasteiger partial charge in [0.2, 0.25) is 0 Å². The molecule has 0 aliphatic heterocycles. The molecule has 28 heavy (non-hydrogen) atoms. The van der Waals surface area contributed by atoms with Crippen molar-refractivity contribution in [3.8, 4) is 5.75 Å². The molecule has 0 unspecified atom stereocenters. The van der Waals surface area contributed by atoms with E-state index in [0.717, 1.165) is 8.04 Å². The van der Waals surface area contributed by atoms with Crippen molar-refractivity contribution in [1.29, 1.82) is 0 Å². The molecule has 0 saturated carbocycles. The third-order valence-corrected chi connectivity index (χ3v) is 5.14. The largest absolute Gasteiger partial charge is 0.508 e. The van der Waals surface area contributed by atoms with E-state index < -0.39 is 18.2 Å². The Morgan fingerprint density at radius 1 is 1.21 bits per heavy atom. The highest BCUT2D eigenvalue weighted by atomic mass is 127. The molecular weight excluding hydrogens is 561 g/mol. The van der Waals surface area contributed by atoms with Crippen molar-refractivity contribution < 1.29 is 24.2 Å². The molecule has 0 aromatic heterocycles. The van der Waals surface area contributed by atoms with E-state index in [-0.39, 0.29) is 18.1 Å². The number of carbonyl (C=O) groups is 2. The van der Waals surface area contributed by atoms with Crippen LogP contribution in [0.5, 0.6) is 5.75 Å². The van der Waals surface area contributed by atoms with Crippen LogP contribution in [0.15, 0.2) is 46.9 Å². The van der Waals surface area contributed by atoms with Crippen molar-refractivity contribution in [1.82, 2.24) is 0 Å². The Morgan fingerprint density at radius 2 is 1.93 bits per heavy atom. The van der Waals surface area contributed by atoms with Gasteiger partial charge in [0.15, 0.2) is 0 Å². The maximum Gasteiger partial charge on any atom is 0.412 e. The fourth-order valence-corrected chi connectivity index (χ4v) is 3.24. The van der Waals surface area contributed by atoms with Crippen molar-refractivity contribution in [2.75, 3.05) is 17.7 Å². The van der Waals surface area contributed by atoms with Gasteiger partial charge in [-0.05, 0) is 77.9 Å². The van der Waals surface area contributed by atoms with Crippen LogP contribution in [-0.4, -0.2) is 29.5 Å². The molecule has 0 saturated heterocycles. The van der Waals surface area contributed by atoms with Gasteiger partial charge in [0.05, 0.1) is 12.4 Å². The van der Waals surface area contributed by atoms with Crippen LogP contribution < -0.4 is 5.32 Å². The van der Waals surface area contributed by atoms with E-state index in [4.69, 9.17) is 9.47 Å². The number of halogens is 2. The highest BCUT2D eigenvalue weighted by Crippen LogP contribution is 2.32. The van der Waals surface area contributed by atoms with E-state index in [1.165, 1.54) is 0 Å². The molecule has 0 spiro atoms. The monoisotopic (exact) mass is 579 g/mol. The Bertz CT molecular complexity index is 818. The van der Waals surface area contributed by atoms with Gasteiger partial charge in [-0.3, -0.25) is 10.1 Å². The predicted molar refractivity (Wildman–Crippen MR) is 122 cm³/mol. The second kappa shape index (κ2) is 11.5. The van der Waals surface area contributed by atoms with Gasteiger partial charge in [0.1, 0.15) is 11.9 Å². The second-order valence-electron chi connectivity index (χ2n) is 5.75. The molecule has 1 amide bonds. The van der Waals surface area contributed by atoms with Gasteiger partial charge in [-0.1, -0.05) is 15.9 Å². The Labute approximate surface area is 190 Å². The summed E-state index contributed by atoms with van der Waals surface area (Å²) in [6, 6.07) is 12.1. The van der Waals surface area contributed by atoms with Crippen LogP contribution in [0.1, 0.15) is 24.5 Å². The van der Waals surface area contributed by atoms with Crippen LogP contribution in [-0.2, 0) is 14.3 Å². The van der Waals surface area contributed by atoms with E-state index in [2.05, 4.69) is 56.5 Å². The summed E-state index contributed by atoms with van der Waals surface area (Å²) in [7, 11) is 0. The summed E-state index contributed by atoms with van der Waals surface area (Å²) in [6.07, 6.45) is -0.500. The van der Waals surface area contributed by atoms with E-state index in [1.54, 1.807) is 42.5 Å². The van der Waals surface area contributed by atoms with Crippen LogP contribution in [0.3, 0.4) is 0 Å². The molecule has 2 rings (SSSR count). The summed E-state index contributed by atoms with van der Waals surface area (Å²) in [5.41, 5.74) is 1.08. The van der Waals surface area contributed by atoms with Crippen molar-refractivity contribution in [2.45, 2.75) is 18.9 Å². The lowest BCUT2D eigenvalue weighted by Gasteiger charge is -2.20. The standard InChI is InChI=1S/C19H19BrINO5S/c20-12-3-6-14(7-4-12)22-19(25)27-17(2-1-9-26-18(24)11-28)15-10-13(21)5-8-16(15)23/h3-8,10,17,23,28H,1-2,9,11H2,(H,22,25)/t17-/m1/s1. The van der Waals surface area contributed by atoms with Crippen molar-refractivity contribution in [3.05, 3.63) is 56.1 Å². The normalized spacial score (nSPS) is 11.5. The number of hydrogen-bond acceptors (Lipinski definition) is 6. The number of esters is 1. The number of aromatic hydroxyl groups is 1. The van der Waals surface area contributed by atoms with Gasteiger partial charge in [0, 0.05) is 19.3 Å². The molecular formula is C19H19BrINO5S. The van der Waals surface area contributed by atoms with Crippen molar-refractivity contribution >= 4 is 68.9 Å². The summed E-state index contributed by atoms with van der Waals surface area (Å²) in [4.78, 5) is 23.5. The smallest absolute Gasteiger partial charge is 0.412 e. The van der Waals surface area contributed by atoms with E-state index in [9.17, 15) is 14.7 Å². The molecule has 0 fully saturated rings. The molecule has 2 aromatic rings. The summed E-state index contributed by atoms with van der Waals surface area (Å²) in [5.74, 6) is -0.368. The molecule has 0 aliphatic carbocycles. The zero-order valence-corrected chi connectivity index (χ0v) is 19.4. The highest BCUT2D eigenvalue weighted by Gasteiger charge is 2.21. The van der Waals surface area contributed by atoms with Gasteiger partial charge in [0.25, 0.3) is 0 Å². The second-order valence-corrected chi connectivity index (χ2v) is 8.23. The molecule has 0 radical (unpaired) electrons. The van der Waals surface area contributed by atoms with E-state index in [1.807, 2.05) is 0 Å². The van der Waals surface area contributed by atoms with Crippen molar-refractivity contribution in [3.63, 3.8) is 0 Å². The average Bonchev–Trinajstić information content (AvgIpc) is 2.67. The minimum absolute atomic E-state index is 0.00714. The van der Waals surface area contributed by atoms with Gasteiger partial charge in [-0.2, -0.15) is 12.6 Å². The number of thiol groups is 1. The number of nitrogens with one attached hydrogen (secondary N) is 1. The lowest BCUT2D eigenvalue weighted by atomic mass is 10.0. The van der Waals surface area contributed by atoms with Crippen LogP contribution in [0, 0.1) is 3.57 Å². The Kier molecular flexibility index (Phi) is 9.39. The number of hydrogen-bond donors (Lipinski definition) is 3. The fraction of sp³-hybridized carbons (Fsp3) is 0.263. The molecule has 0 aliphatic rings. The maximum absolute atomic E-state index is 12.3. The summed E-state index contributed by atoms with van der Waals surface area (Å²) >= 11 is 9.30. The average molecular weight is 580 g/mol. The zero-order chi connectivity index (χ0) is 20.5. The van der Waals surface area contributed by atoms with Gasteiger partial charge in [-0.25, -0.2) is 4.79 Å². The topological polar surface area (TPSA) is 84.9 Å². The molecule has 2 N–H and O–H groups in total. The Balaban J connectivity index is 2.06. The molecule has 9 heteroatoms. The number of phenols is 1. The molecule has 0 heterocycles. The molecule has 0 bridgehead atoms. The van der Waals surface area contributed by atoms with Crippen LogP contribution >= 0.6 is 51.1 Å². The first-order valence-corrected chi connectivity index (χ1v) is 10.9. The third-order valence-electron chi connectivity index (χ3n) is 3.68. The molecule has 2 aromatic carbocycles. The van der Waals surface area contributed by atoms with Gasteiger partial charge < -0.3 is 14.6 Å². The summed E-state index contributed by atoms with van der Waals surface area (Å²) in [5, 5.41) is 12.9. The number of benzene rings is 2. The zero-order valence-electron chi connectivity index (χ0n) is 14.7. The van der Waals surface area contributed by atoms with Crippen LogP contribution in [0.25, 0.3) is 0 Å². The lowest BCUT2D eigenvalue weighted by molar-refractivity contribution is -0.140. The first-order valence-electron chi connectivity index (χ1n) is 8.37. The molecule has 6 nitrogen and oxygen atoms in total. The summed E-state index contributed by atoms with van der Waals surface area (Å²) < 4.78 is 12.4. The number of anilines is 1. The van der Waals surface area contributed by atoms with E-state index >= 15 is 0 Å². The minimum Gasteiger partial charge on any atom is -0.508 e. The minimum atomic E-state index is -0.695. The number of amides is 1. The maximum atomic E-state index is 12.3.